The van der Waals surface area contributed by atoms with Gasteiger partial charge in [-0.1, -0.05) is 22.0 Å². The molecule has 0 N–H and O–H groups in total. The van der Waals surface area contributed by atoms with Gasteiger partial charge in [-0.2, -0.15) is 0 Å². The summed E-state index contributed by atoms with van der Waals surface area (Å²) in [4.78, 5) is 12.9. The van der Waals surface area contributed by atoms with E-state index in [0.29, 0.717) is 5.82 Å². The zero-order valence-corrected chi connectivity index (χ0v) is 9.90. The van der Waals surface area contributed by atoms with Gasteiger partial charge in [0.05, 0.1) is 5.69 Å². The van der Waals surface area contributed by atoms with Crippen LogP contribution in [0, 0.1) is 6.92 Å². The van der Waals surface area contributed by atoms with E-state index in [9.17, 15) is 0 Å². The summed E-state index contributed by atoms with van der Waals surface area (Å²) < 4.78 is 0. The largest absolute Gasteiger partial charge is 0.253 e. The van der Waals surface area contributed by atoms with E-state index < -0.39 is 0 Å². The van der Waals surface area contributed by atoms with Crippen LogP contribution in [0.3, 0.4) is 0 Å². The maximum Gasteiger partial charge on any atom is 0.178 e. The van der Waals surface area contributed by atoms with Crippen molar-refractivity contribution in [3.63, 3.8) is 0 Å². The van der Waals surface area contributed by atoms with Crippen LogP contribution in [0.15, 0.2) is 30.6 Å². The molecule has 0 aliphatic heterocycles. The highest BCUT2D eigenvalue weighted by molar-refractivity contribution is 9.08. The Morgan fingerprint density at radius 1 is 1.27 bits per heavy atom. The quantitative estimate of drug-likeness (QED) is 0.783. The van der Waals surface area contributed by atoms with Crippen molar-refractivity contribution in [1.82, 2.24) is 15.0 Å². The molecule has 0 aliphatic carbocycles. The zero-order chi connectivity index (χ0) is 10.7. The average Bonchev–Trinajstić information content (AvgIpc) is 2.31. The van der Waals surface area contributed by atoms with E-state index in [-0.39, 0.29) is 0 Å². The molecule has 2 rings (SSSR count). The van der Waals surface area contributed by atoms with Crippen molar-refractivity contribution in [2.75, 3.05) is 0 Å². The summed E-state index contributed by atoms with van der Waals surface area (Å²) in [6.07, 6.45) is 3.57. The topological polar surface area (TPSA) is 38.7 Å². The van der Waals surface area contributed by atoms with Crippen molar-refractivity contribution in [1.29, 1.82) is 0 Å². The first kappa shape index (κ1) is 10.2. The van der Waals surface area contributed by atoms with Crippen LogP contribution in [0.4, 0.5) is 0 Å². The molecule has 0 fully saturated rings. The van der Waals surface area contributed by atoms with Crippen LogP contribution >= 0.6 is 15.9 Å². The lowest BCUT2D eigenvalue weighted by Crippen LogP contribution is -1.97. The van der Waals surface area contributed by atoms with Crippen LogP contribution in [-0.4, -0.2) is 15.0 Å². The summed E-state index contributed by atoms with van der Waals surface area (Å²) in [5.41, 5.74) is 2.90. The summed E-state index contributed by atoms with van der Waals surface area (Å²) >= 11 is 3.40. The first-order valence-electron chi connectivity index (χ1n) is 4.61. The van der Waals surface area contributed by atoms with Gasteiger partial charge in [0.15, 0.2) is 5.82 Å². The van der Waals surface area contributed by atoms with Crippen molar-refractivity contribution in [2.24, 2.45) is 0 Å². The lowest BCUT2D eigenvalue weighted by molar-refractivity contribution is 1.05. The Labute approximate surface area is 96.7 Å². The number of pyridine rings is 1. The predicted octanol–water partition coefficient (Wildman–Crippen LogP) is 2.74. The van der Waals surface area contributed by atoms with Crippen molar-refractivity contribution < 1.29 is 0 Å². The van der Waals surface area contributed by atoms with Crippen LogP contribution in [0.5, 0.6) is 0 Å². The minimum Gasteiger partial charge on any atom is -0.253 e. The highest BCUT2D eigenvalue weighted by Gasteiger charge is 2.05. The summed E-state index contributed by atoms with van der Waals surface area (Å²) in [5, 5.41) is 0.737. The lowest BCUT2D eigenvalue weighted by atomic mass is 10.2. The highest BCUT2D eigenvalue weighted by atomic mass is 79.9. The summed E-state index contributed by atoms with van der Waals surface area (Å²) in [5.74, 6) is 0.677. The van der Waals surface area contributed by atoms with Crippen molar-refractivity contribution in [3.8, 4) is 11.5 Å². The number of hydrogen-bond acceptors (Lipinski definition) is 3. The molecule has 2 aromatic rings. The molecule has 0 atom stereocenters. The van der Waals surface area contributed by atoms with Crippen molar-refractivity contribution in [2.45, 2.75) is 12.3 Å². The highest BCUT2D eigenvalue weighted by Crippen LogP contribution is 2.14. The van der Waals surface area contributed by atoms with Crippen molar-refractivity contribution >= 4 is 15.9 Å². The van der Waals surface area contributed by atoms with Gasteiger partial charge in [-0.25, -0.2) is 9.97 Å². The predicted molar refractivity (Wildman–Crippen MR) is 62.6 cm³/mol. The van der Waals surface area contributed by atoms with Gasteiger partial charge in [-0.3, -0.25) is 4.98 Å². The molecule has 15 heavy (non-hydrogen) atoms. The summed E-state index contributed by atoms with van der Waals surface area (Å²) in [6.45, 7) is 2.00. The average molecular weight is 264 g/mol. The molecule has 0 bridgehead atoms. The third-order valence-electron chi connectivity index (χ3n) is 2.10. The van der Waals surface area contributed by atoms with Crippen LogP contribution in [0.2, 0.25) is 0 Å². The number of alkyl halides is 1. The van der Waals surface area contributed by atoms with E-state index in [2.05, 4.69) is 30.9 Å². The number of aromatic nitrogens is 3. The molecule has 0 radical (unpaired) electrons. The first-order valence-corrected chi connectivity index (χ1v) is 5.73. The van der Waals surface area contributed by atoms with E-state index in [0.717, 1.165) is 22.3 Å². The van der Waals surface area contributed by atoms with E-state index in [1.807, 2.05) is 31.3 Å². The Bertz CT molecular complexity index is 457. The molecular weight excluding hydrogens is 254 g/mol. The van der Waals surface area contributed by atoms with Gasteiger partial charge in [0.2, 0.25) is 0 Å². The van der Waals surface area contributed by atoms with Gasteiger partial charge in [0.1, 0.15) is 5.69 Å². The Kier molecular flexibility index (Phi) is 3.06. The molecule has 0 aliphatic rings. The van der Waals surface area contributed by atoms with E-state index in [1.165, 1.54) is 0 Å². The molecule has 2 heterocycles. The molecule has 0 spiro atoms. The van der Waals surface area contributed by atoms with Gasteiger partial charge in [0.25, 0.3) is 0 Å². The molecule has 0 saturated heterocycles. The van der Waals surface area contributed by atoms with Crippen LogP contribution in [-0.2, 0) is 5.33 Å². The first-order chi connectivity index (χ1) is 7.31. The summed E-state index contributed by atoms with van der Waals surface area (Å²) in [6, 6.07) is 5.71. The number of aryl methyl sites for hydroxylation is 1. The maximum atomic E-state index is 4.44. The van der Waals surface area contributed by atoms with E-state index >= 15 is 0 Å². The monoisotopic (exact) mass is 263 g/mol. The number of rotatable bonds is 2. The van der Waals surface area contributed by atoms with E-state index in [1.54, 1.807) is 6.20 Å². The van der Waals surface area contributed by atoms with Crippen molar-refractivity contribution in [3.05, 3.63) is 41.9 Å². The Morgan fingerprint density at radius 2 is 2.13 bits per heavy atom. The summed E-state index contributed by atoms with van der Waals surface area (Å²) in [7, 11) is 0. The van der Waals surface area contributed by atoms with E-state index in [4.69, 9.17) is 0 Å². The Balaban J connectivity index is 2.46. The van der Waals surface area contributed by atoms with Crippen LogP contribution < -0.4 is 0 Å². The fraction of sp³-hybridized carbons (Fsp3) is 0.182. The van der Waals surface area contributed by atoms with Gasteiger partial charge < -0.3 is 0 Å². The molecule has 0 saturated carbocycles. The molecule has 0 amide bonds. The number of nitrogens with zero attached hydrogens (tertiary/aromatic N) is 3. The van der Waals surface area contributed by atoms with Crippen LogP contribution in [0.25, 0.3) is 11.5 Å². The second-order valence-corrected chi connectivity index (χ2v) is 3.73. The number of hydrogen-bond donors (Lipinski definition) is 0. The molecule has 2 aromatic heterocycles. The zero-order valence-electron chi connectivity index (χ0n) is 8.31. The SMILES string of the molecule is Cc1cnc(-c2ccccn2)nc1CBr. The standard InChI is InChI=1S/C11H10BrN3/c1-8-7-14-11(15-10(8)6-12)9-4-2-3-5-13-9/h2-5,7H,6H2,1H3. The fourth-order valence-corrected chi connectivity index (χ4v) is 1.80. The lowest BCUT2D eigenvalue weighted by Gasteiger charge is -2.03. The fourth-order valence-electron chi connectivity index (χ4n) is 1.23. The third kappa shape index (κ3) is 2.21. The Hall–Kier alpha value is -1.29. The van der Waals surface area contributed by atoms with Gasteiger partial charge >= 0.3 is 0 Å². The molecular formula is C11H10BrN3. The Morgan fingerprint density at radius 3 is 2.80 bits per heavy atom. The molecule has 3 nitrogen and oxygen atoms in total. The molecule has 0 unspecified atom stereocenters. The molecule has 76 valence electrons. The number of halogens is 1. The van der Waals surface area contributed by atoms with Crippen LogP contribution in [0.1, 0.15) is 11.3 Å². The smallest absolute Gasteiger partial charge is 0.178 e. The third-order valence-corrected chi connectivity index (χ3v) is 2.63. The second-order valence-electron chi connectivity index (χ2n) is 3.17. The van der Waals surface area contributed by atoms with Gasteiger partial charge in [-0.15, -0.1) is 0 Å². The minimum atomic E-state index is 0.677. The molecule has 0 aromatic carbocycles. The minimum absolute atomic E-state index is 0.677. The normalized spacial score (nSPS) is 10.3. The van der Waals surface area contributed by atoms with Gasteiger partial charge in [0, 0.05) is 17.7 Å². The second kappa shape index (κ2) is 4.49. The maximum absolute atomic E-state index is 4.44. The molecule has 4 heteroatoms. The van der Waals surface area contributed by atoms with Gasteiger partial charge in [-0.05, 0) is 24.6 Å².